The smallest absolute Gasteiger partial charge is 0.249 e. The summed E-state index contributed by atoms with van der Waals surface area (Å²) in [5.41, 5.74) is 9.37. The SMILES string of the molecule is CC(C)[C@H](O)C(=O)CC1Cc2ccc3c(c2)C2(c4ccccc4N[C@H]2O3)c2oc(nc2-c2nc(CN)co2)[C@H](C(C)C)NC1=O. The number of carbonyl (C=O) groups is 2. The number of aliphatic hydroxyl groups is 1. The molecule has 0 aliphatic carbocycles. The van der Waals surface area contributed by atoms with Gasteiger partial charge in [0.05, 0.1) is 5.69 Å². The van der Waals surface area contributed by atoms with Gasteiger partial charge in [0, 0.05) is 30.1 Å². The number of amides is 1. The zero-order chi connectivity index (χ0) is 31.6. The van der Waals surface area contributed by atoms with E-state index >= 15 is 0 Å². The Hall–Kier alpha value is -4.48. The lowest BCUT2D eigenvalue weighted by Crippen LogP contribution is -2.41. The molecule has 0 radical (unpaired) electrons. The van der Waals surface area contributed by atoms with Crippen LogP contribution in [0, 0.1) is 17.8 Å². The van der Waals surface area contributed by atoms with Crippen LogP contribution in [-0.4, -0.2) is 39.1 Å². The standard InChI is InChI=1S/C34H37N5O6/c1-16(2)26-32-39-27(31-36-20(14-35)15-43-31)29(45-32)34-21-7-5-6-8-23(21)37-33(34)44-25-10-9-18(12-22(25)34)11-19(30(42)38-26)13-24(40)28(41)17(3)4/h5-10,12,15-17,19,26,28,33,37,41H,11,13-14,35H2,1-4H3,(H,38,42)/t19?,26-,28-,33-,34?/m0/s1. The lowest BCUT2D eigenvalue weighted by Gasteiger charge is -2.28. The van der Waals surface area contributed by atoms with Crippen LogP contribution in [0.3, 0.4) is 0 Å². The Balaban J connectivity index is 1.48. The first-order valence-corrected chi connectivity index (χ1v) is 15.4. The molecule has 5 heterocycles. The maximum atomic E-state index is 14.0. The van der Waals surface area contributed by atoms with Crippen LogP contribution in [0.2, 0.25) is 0 Å². The predicted molar refractivity (Wildman–Crippen MR) is 164 cm³/mol. The molecule has 2 aromatic heterocycles. The Morgan fingerprint density at radius 3 is 2.64 bits per heavy atom. The van der Waals surface area contributed by atoms with Crippen LogP contribution >= 0.6 is 0 Å². The van der Waals surface area contributed by atoms with Crippen LogP contribution in [0.15, 0.2) is 57.6 Å². The molecule has 45 heavy (non-hydrogen) atoms. The minimum Gasteiger partial charge on any atom is -0.469 e. The van der Waals surface area contributed by atoms with Gasteiger partial charge in [0.15, 0.2) is 23.5 Å². The molecular formula is C34H37N5O6. The molecule has 11 heteroatoms. The van der Waals surface area contributed by atoms with Crippen molar-refractivity contribution in [1.82, 2.24) is 15.3 Å². The Labute approximate surface area is 260 Å². The van der Waals surface area contributed by atoms with Crippen molar-refractivity contribution in [2.24, 2.45) is 23.5 Å². The van der Waals surface area contributed by atoms with Crippen molar-refractivity contribution in [3.63, 3.8) is 0 Å². The third-order valence-corrected chi connectivity index (χ3v) is 9.20. The third-order valence-electron chi connectivity index (χ3n) is 9.20. The number of hydrogen-bond acceptors (Lipinski definition) is 10. The third kappa shape index (κ3) is 4.55. The number of ketones is 1. The Morgan fingerprint density at radius 1 is 1.11 bits per heavy atom. The van der Waals surface area contributed by atoms with Crippen molar-refractivity contribution in [2.45, 2.75) is 70.9 Å². The summed E-state index contributed by atoms with van der Waals surface area (Å²) in [4.78, 5) is 36.7. The molecule has 3 aliphatic rings. The highest BCUT2D eigenvalue weighted by molar-refractivity contribution is 5.89. The number of carbonyl (C=O) groups excluding carboxylic acids is 2. The summed E-state index contributed by atoms with van der Waals surface area (Å²) in [7, 11) is 0. The zero-order valence-corrected chi connectivity index (χ0v) is 25.7. The van der Waals surface area contributed by atoms with Crippen molar-refractivity contribution < 1.29 is 28.3 Å². The lowest BCUT2D eigenvalue weighted by molar-refractivity contribution is -0.135. The van der Waals surface area contributed by atoms with Crippen LogP contribution in [-0.2, 0) is 28.0 Å². The maximum Gasteiger partial charge on any atom is 0.249 e. The second kappa shape index (κ2) is 10.8. The summed E-state index contributed by atoms with van der Waals surface area (Å²) >= 11 is 0. The fraction of sp³-hybridized carbons (Fsp3) is 0.412. The number of rotatable bonds is 7. The number of fused-ring (bicyclic) bond motifs is 4. The summed E-state index contributed by atoms with van der Waals surface area (Å²) in [6, 6.07) is 13.2. The van der Waals surface area contributed by atoms with E-state index < -0.39 is 29.7 Å². The second-order valence-corrected chi connectivity index (χ2v) is 12.9. The predicted octanol–water partition coefficient (Wildman–Crippen LogP) is 4.23. The highest BCUT2D eigenvalue weighted by Crippen LogP contribution is 2.59. The number of hydrogen-bond donors (Lipinski definition) is 4. The number of nitrogens with zero attached hydrogens (tertiary/aromatic N) is 2. The van der Waals surface area contributed by atoms with Crippen molar-refractivity contribution in [2.75, 3.05) is 5.32 Å². The minimum atomic E-state index is -1.16. The summed E-state index contributed by atoms with van der Waals surface area (Å²) in [6.45, 7) is 7.68. The maximum absolute atomic E-state index is 14.0. The number of nitrogens with one attached hydrogen (secondary N) is 2. The number of anilines is 1. The fourth-order valence-corrected chi connectivity index (χ4v) is 6.81. The van der Waals surface area contributed by atoms with Crippen LogP contribution in [0.4, 0.5) is 5.69 Å². The molecule has 7 rings (SSSR count). The van der Waals surface area contributed by atoms with Crippen LogP contribution < -0.4 is 21.1 Å². The van der Waals surface area contributed by atoms with Gasteiger partial charge in [-0.3, -0.25) is 9.59 Å². The van der Waals surface area contributed by atoms with Gasteiger partial charge in [0.1, 0.15) is 29.6 Å². The van der Waals surface area contributed by atoms with Gasteiger partial charge in [-0.2, -0.15) is 0 Å². The Kier molecular flexibility index (Phi) is 7.05. The highest BCUT2D eigenvalue weighted by atomic mass is 16.5. The molecule has 0 saturated carbocycles. The monoisotopic (exact) mass is 611 g/mol. The van der Waals surface area contributed by atoms with Gasteiger partial charge in [-0.25, -0.2) is 9.97 Å². The first kappa shape index (κ1) is 29.2. The van der Waals surface area contributed by atoms with E-state index in [0.29, 0.717) is 22.9 Å². The molecule has 4 aromatic rings. The van der Waals surface area contributed by atoms with E-state index in [4.69, 9.17) is 24.3 Å². The molecule has 1 amide bonds. The first-order valence-electron chi connectivity index (χ1n) is 15.4. The van der Waals surface area contributed by atoms with Gasteiger partial charge >= 0.3 is 0 Å². The number of aromatic nitrogens is 2. The van der Waals surface area contributed by atoms with Crippen molar-refractivity contribution in [1.29, 1.82) is 0 Å². The normalized spacial score (nSPS) is 23.8. The average molecular weight is 612 g/mol. The summed E-state index contributed by atoms with van der Waals surface area (Å²) < 4.78 is 19.3. The molecule has 3 aliphatic heterocycles. The van der Waals surface area contributed by atoms with Gasteiger partial charge in [-0.15, -0.1) is 0 Å². The highest BCUT2D eigenvalue weighted by Gasteiger charge is 2.61. The van der Waals surface area contributed by atoms with Crippen LogP contribution in [0.1, 0.15) is 74.2 Å². The van der Waals surface area contributed by atoms with Crippen LogP contribution in [0.25, 0.3) is 11.6 Å². The van der Waals surface area contributed by atoms with Gasteiger partial charge in [-0.1, -0.05) is 58.0 Å². The van der Waals surface area contributed by atoms with Gasteiger partial charge in [0.25, 0.3) is 0 Å². The summed E-state index contributed by atoms with van der Waals surface area (Å²) in [5, 5.41) is 17.2. The molecular weight excluding hydrogens is 574 g/mol. The number of nitrogens with two attached hydrogens (primary N) is 1. The largest absolute Gasteiger partial charge is 0.469 e. The molecule has 0 fully saturated rings. The molecule has 4 bridgehead atoms. The quantitative estimate of drug-likeness (QED) is 0.238. The van der Waals surface area contributed by atoms with E-state index in [2.05, 4.69) is 15.6 Å². The zero-order valence-electron chi connectivity index (χ0n) is 25.7. The van der Waals surface area contributed by atoms with Crippen molar-refractivity contribution in [3.05, 3.63) is 82.8 Å². The Bertz CT molecular complexity index is 1790. The number of oxazole rings is 2. The van der Waals surface area contributed by atoms with Crippen molar-refractivity contribution in [3.8, 4) is 17.3 Å². The second-order valence-electron chi connectivity index (χ2n) is 12.9. The molecule has 11 nitrogen and oxygen atoms in total. The summed E-state index contributed by atoms with van der Waals surface area (Å²) in [6.07, 6.45) is -0.0483. The average Bonchev–Trinajstić information content (AvgIpc) is 3.79. The Morgan fingerprint density at radius 2 is 1.91 bits per heavy atom. The summed E-state index contributed by atoms with van der Waals surface area (Å²) in [5.74, 6) is -0.148. The number of para-hydroxylation sites is 1. The van der Waals surface area contributed by atoms with E-state index in [-0.39, 0.29) is 54.7 Å². The first-order chi connectivity index (χ1) is 21.6. The molecule has 234 valence electrons. The van der Waals surface area contributed by atoms with Crippen LogP contribution in [0.5, 0.6) is 5.75 Å². The number of aliphatic hydroxyl groups excluding tert-OH is 1. The van der Waals surface area contributed by atoms with E-state index in [1.807, 2.05) is 56.3 Å². The number of Topliss-reactive ketones (excluding diaryl/α,β-unsaturated/α-hetero) is 1. The van der Waals surface area contributed by atoms with Crippen molar-refractivity contribution >= 4 is 17.4 Å². The molecule has 2 aromatic carbocycles. The minimum absolute atomic E-state index is 0.109. The number of ether oxygens (including phenoxy) is 1. The van der Waals surface area contributed by atoms with Gasteiger partial charge in [-0.05, 0) is 41.5 Å². The molecule has 5 N–H and O–H groups in total. The van der Waals surface area contributed by atoms with Gasteiger partial charge < -0.3 is 35.0 Å². The molecule has 1 spiro atoms. The topological polar surface area (TPSA) is 166 Å². The van der Waals surface area contributed by atoms with E-state index in [0.717, 1.165) is 22.4 Å². The van der Waals surface area contributed by atoms with E-state index in [1.54, 1.807) is 13.8 Å². The lowest BCUT2D eigenvalue weighted by atomic mass is 9.72. The van der Waals surface area contributed by atoms with E-state index in [9.17, 15) is 14.7 Å². The van der Waals surface area contributed by atoms with Gasteiger partial charge in [0.2, 0.25) is 17.7 Å². The molecule has 2 unspecified atom stereocenters. The molecule has 0 saturated heterocycles. The number of benzene rings is 2. The molecule has 5 atom stereocenters. The fourth-order valence-electron chi connectivity index (χ4n) is 6.81. The van der Waals surface area contributed by atoms with E-state index in [1.165, 1.54) is 6.26 Å².